The fraction of sp³-hybridized carbons (Fsp3) is 0.500. The van der Waals surface area contributed by atoms with E-state index in [4.69, 9.17) is 4.52 Å². The first-order valence-corrected chi connectivity index (χ1v) is 5.72. The normalized spacial score (nSPS) is 12.9. The number of nitrogens with one attached hydrogen (secondary N) is 1. The lowest BCUT2D eigenvalue weighted by atomic mass is 10.1. The number of aromatic nitrogens is 3. The van der Waals surface area contributed by atoms with Crippen LogP contribution in [0.25, 0.3) is 0 Å². The van der Waals surface area contributed by atoms with Crippen molar-refractivity contribution in [2.24, 2.45) is 7.05 Å². The van der Waals surface area contributed by atoms with Crippen molar-refractivity contribution < 1.29 is 4.52 Å². The topological polar surface area (TPSA) is 55.9 Å². The molecule has 0 aliphatic rings. The van der Waals surface area contributed by atoms with Crippen LogP contribution in [0.5, 0.6) is 0 Å². The van der Waals surface area contributed by atoms with Gasteiger partial charge in [-0.25, -0.2) is 0 Å². The van der Waals surface area contributed by atoms with Crippen LogP contribution in [0.15, 0.2) is 16.8 Å². The Labute approximate surface area is 101 Å². The fourth-order valence-electron chi connectivity index (χ4n) is 1.91. The van der Waals surface area contributed by atoms with E-state index in [1.165, 1.54) is 5.56 Å². The zero-order valence-corrected chi connectivity index (χ0v) is 10.7. The van der Waals surface area contributed by atoms with Crippen molar-refractivity contribution in [3.05, 3.63) is 35.0 Å². The third-order valence-electron chi connectivity index (χ3n) is 2.78. The summed E-state index contributed by atoms with van der Waals surface area (Å²) in [5, 5.41) is 11.6. The highest BCUT2D eigenvalue weighted by atomic mass is 16.5. The molecular weight excluding hydrogens is 216 g/mol. The van der Waals surface area contributed by atoms with Crippen LogP contribution in [-0.4, -0.2) is 14.9 Å². The molecule has 0 spiro atoms. The van der Waals surface area contributed by atoms with Gasteiger partial charge in [0.25, 0.3) is 0 Å². The number of aryl methyl sites for hydroxylation is 3. The second-order valence-electron chi connectivity index (χ2n) is 4.38. The number of hydrogen-bond acceptors (Lipinski definition) is 4. The molecule has 2 rings (SSSR count). The average molecular weight is 234 g/mol. The quantitative estimate of drug-likeness (QED) is 0.877. The van der Waals surface area contributed by atoms with E-state index >= 15 is 0 Å². The van der Waals surface area contributed by atoms with Gasteiger partial charge in [-0.15, -0.1) is 0 Å². The minimum absolute atomic E-state index is 0.245. The minimum atomic E-state index is 0.245. The summed E-state index contributed by atoms with van der Waals surface area (Å²) in [5.41, 5.74) is 3.18. The number of nitrogens with zero attached hydrogens (tertiary/aromatic N) is 3. The van der Waals surface area contributed by atoms with Gasteiger partial charge < -0.3 is 9.84 Å². The zero-order chi connectivity index (χ0) is 12.4. The van der Waals surface area contributed by atoms with Gasteiger partial charge in [-0.05, 0) is 20.8 Å². The van der Waals surface area contributed by atoms with Gasteiger partial charge in [0, 0.05) is 30.9 Å². The van der Waals surface area contributed by atoms with E-state index < -0.39 is 0 Å². The Hall–Kier alpha value is -1.62. The first-order valence-electron chi connectivity index (χ1n) is 5.72. The summed E-state index contributed by atoms with van der Waals surface area (Å²) in [6.07, 6.45) is 2.04. The summed E-state index contributed by atoms with van der Waals surface area (Å²) in [6.45, 7) is 6.73. The van der Waals surface area contributed by atoms with Gasteiger partial charge >= 0.3 is 0 Å². The molecule has 0 bridgehead atoms. The Bertz CT molecular complexity index is 500. The molecule has 17 heavy (non-hydrogen) atoms. The summed E-state index contributed by atoms with van der Waals surface area (Å²) >= 11 is 0. The van der Waals surface area contributed by atoms with Crippen LogP contribution in [0, 0.1) is 13.8 Å². The molecule has 2 heterocycles. The summed E-state index contributed by atoms with van der Waals surface area (Å²) in [6, 6.07) is 2.18. The monoisotopic (exact) mass is 234 g/mol. The van der Waals surface area contributed by atoms with E-state index in [9.17, 15) is 0 Å². The summed E-state index contributed by atoms with van der Waals surface area (Å²) < 4.78 is 6.99. The van der Waals surface area contributed by atoms with Gasteiger partial charge in [-0.3, -0.25) is 4.68 Å². The van der Waals surface area contributed by atoms with Gasteiger partial charge in [-0.2, -0.15) is 5.10 Å². The molecule has 92 valence electrons. The molecule has 2 aromatic heterocycles. The lowest BCUT2D eigenvalue weighted by molar-refractivity contribution is 0.363. The number of rotatable bonds is 4. The smallest absolute Gasteiger partial charge is 0.150 e. The highest BCUT2D eigenvalue weighted by Crippen LogP contribution is 2.16. The van der Waals surface area contributed by atoms with E-state index in [1.54, 1.807) is 0 Å². The fourth-order valence-corrected chi connectivity index (χ4v) is 1.91. The molecule has 1 atom stereocenters. The van der Waals surface area contributed by atoms with Crippen LogP contribution >= 0.6 is 0 Å². The molecule has 5 nitrogen and oxygen atoms in total. The van der Waals surface area contributed by atoms with E-state index in [2.05, 4.69) is 22.5 Å². The maximum absolute atomic E-state index is 5.15. The van der Waals surface area contributed by atoms with E-state index in [0.717, 1.165) is 17.1 Å². The van der Waals surface area contributed by atoms with Crippen molar-refractivity contribution in [3.8, 4) is 0 Å². The molecule has 0 radical (unpaired) electrons. The predicted molar refractivity (Wildman–Crippen MR) is 64.4 cm³/mol. The van der Waals surface area contributed by atoms with Gasteiger partial charge in [-0.1, -0.05) is 5.16 Å². The highest BCUT2D eigenvalue weighted by molar-refractivity contribution is 5.19. The third-order valence-corrected chi connectivity index (χ3v) is 2.78. The molecule has 0 saturated carbocycles. The van der Waals surface area contributed by atoms with Crippen LogP contribution < -0.4 is 5.32 Å². The van der Waals surface area contributed by atoms with E-state index in [-0.39, 0.29) is 6.04 Å². The van der Waals surface area contributed by atoms with Crippen molar-refractivity contribution in [2.45, 2.75) is 33.4 Å². The maximum Gasteiger partial charge on any atom is 0.150 e. The molecule has 1 N–H and O–H groups in total. The second kappa shape index (κ2) is 4.71. The highest BCUT2D eigenvalue weighted by Gasteiger charge is 2.12. The van der Waals surface area contributed by atoms with Gasteiger partial charge in [0.1, 0.15) is 0 Å². The van der Waals surface area contributed by atoms with Crippen molar-refractivity contribution in [1.29, 1.82) is 0 Å². The molecule has 0 amide bonds. The van der Waals surface area contributed by atoms with Gasteiger partial charge in [0.2, 0.25) is 0 Å². The Morgan fingerprint density at radius 1 is 1.47 bits per heavy atom. The SMILES string of the molecule is Cc1cc(CNC(C)c2cn(C)nc2C)on1. The summed E-state index contributed by atoms with van der Waals surface area (Å²) in [7, 11) is 1.93. The molecular formula is C12H18N4O. The van der Waals surface area contributed by atoms with Crippen LogP contribution in [0.2, 0.25) is 0 Å². The van der Waals surface area contributed by atoms with Crippen LogP contribution in [-0.2, 0) is 13.6 Å². The molecule has 1 unspecified atom stereocenters. The van der Waals surface area contributed by atoms with Crippen molar-refractivity contribution in [3.63, 3.8) is 0 Å². The summed E-state index contributed by atoms with van der Waals surface area (Å²) in [4.78, 5) is 0. The van der Waals surface area contributed by atoms with E-state index in [0.29, 0.717) is 6.54 Å². The Kier molecular flexibility index (Phi) is 3.28. The lowest BCUT2D eigenvalue weighted by Gasteiger charge is -2.11. The second-order valence-corrected chi connectivity index (χ2v) is 4.38. The van der Waals surface area contributed by atoms with E-state index in [1.807, 2.05) is 37.8 Å². The largest absolute Gasteiger partial charge is 0.360 e. The molecule has 2 aromatic rings. The van der Waals surface area contributed by atoms with Crippen LogP contribution in [0.3, 0.4) is 0 Å². The predicted octanol–water partition coefficient (Wildman–Crippen LogP) is 1.88. The lowest BCUT2D eigenvalue weighted by Crippen LogP contribution is -2.18. The Balaban J connectivity index is 1.97. The molecule has 0 aliphatic carbocycles. The summed E-state index contributed by atoms with van der Waals surface area (Å²) in [5.74, 6) is 0.857. The molecule has 0 fully saturated rings. The van der Waals surface area contributed by atoms with Gasteiger partial charge in [0.05, 0.1) is 17.9 Å². The average Bonchev–Trinajstić information content (AvgIpc) is 2.81. The van der Waals surface area contributed by atoms with Crippen molar-refractivity contribution in [1.82, 2.24) is 20.3 Å². The zero-order valence-electron chi connectivity index (χ0n) is 10.7. The first kappa shape index (κ1) is 11.9. The first-order chi connectivity index (χ1) is 8.06. The van der Waals surface area contributed by atoms with Gasteiger partial charge in [0.15, 0.2) is 5.76 Å². The third kappa shape index (κ3) is 2.74. The molecule has 5 heteroatoms. The molecule has 0 saturated heterocycles. The minimum Gasteiger partial charge on any atom is -0.360 e. The van der Waals surface area contributed by atoms with Crippen LogP contribution in [0.1, 0.15) is 35.7 Å². The molecule has 0 aliphatic heterocycles. The van der Waals surface area contributed by atoms with Crippen molar-refractivity contribution in [2.75, 3.05) is 0 Å². The maximum atomic E-state index is 5.15. The standard InChI is InChI=1S/C12H18N4O/c1-8-5-11(17-15-8)6-13-9(2)12-7-16(4)14-10(12)3/h5,7,9,13H,6H2,1-4H3. The van der Waals surface area contributed by atoms with Crippen LogP contribution in [0.4, 0.5) is 0 Å². The molecule has 0 aromatic carbocycles. The van der Waals surface area contributed by atoms with Crippen molar-refractivity contribution >= 4 is 0 Å². The number of hydrogen-bond donors (Lipinski definition) is 1. The Morgan fingerprint density at radius 2 is 2.24 bits per heavy atom. The Morgan fingerprint density at radius 3 is 2.76 bits per heavy atom.